The van der Waals surface area contributed by atoms with Gasteiger partial charge in [-0.15, -0.1) is 0 Å². The van der Waals surface area contributed by atoms with Crippen molar-refractivity contribution in [1.82, 2.24) is 9.97 Å². The minimum atomic E-state index is -0.479. The summed E-state index contributed by atoms with van der Waals surface area (Å²) in [7, 11) is 0. The van der Waals surface area contributed by atoms with Crippen LogP contribution in [-0.4, -0.2) is 9.97 Å². The van der Waals surface area contributed by atoms with Gasteiger partial charge in [-0.05, 0) is 43.9 Å². The van der Waals surface area contributed by atoms with Crippen LogP contribution >= 0.6 is 11.6 Å². The minimum Gasteiger partial charge on any atom is -0.306 e. The fourth-order valence-corrected chi connectivity index (χ4v) is 2.74. The van der Waals surface area contributed by atoms with Gasteiger partial charge in [-0.1, -0.05) is 18.0 Å². The van der Waals surface area contributed by atoms with Crippen molar-refractivity contribution < 1.29 is 4.39 Å². The Morgan fingerprint density at radius 3 is 2.80 bits per heavy atom. The average molecular weight is 293 g/mol. The number of aryl methyl sites for hydroxylation is 1. The van der Waals surface area contributed by atoms with E-state index in [2.05, 4.69) is 9.97 Å². The number of benzene rings is 1. The Hall–Kier alpha value is -1.68. The molecule has 2 aromatic rings. The molecule has 3 rings (SSSR count). The lowest BCUT2D eigenvalue weighted by Gasteiger charge is -2.08. The van der Waals surface area contributed by atoms with Crippen LogP contribution < -0.4 is 5.56 Å². The molecule has 0 spiro atoms. The smallest absolute Gasteiger partial charge is 0.254 e. The number of rotatable bonds is 1. The Labute approximate surface area is 120 Å². The summed E-state index contributed by atoms with van der Waals surface area (Å²) in [6.07, 6.45) is 4.80. The van der Waals surface area contributed by atoms with Crippen molar-refractivity contribution in [2.24, 2.45) is 0 Å². The fourth-order valence-electron chi connectivity index (χ4n) is 2.56. The molecule has 1 aromatic carbocycles. The Bertz CT molecular complexity index is 712. The Morgan fingerprint density at radius 1 is 1.20 bits per heavy atom. The first-order chi connectivity index (χ1) is 9.65. The largest absolute Gasteiger partial charge is 0.306 e. The highest BCUT2D eigenvalue weighted by Gasteiger charge is 2.15. The lowest BCUT2D eigenvalue weighted by Crippen LogP contribution is -2.18. The molecule has 1 heterocycles. The maximum Gasteiger partial charge on any atom is 0.254 e. The van der Waals surface area contributed by atoms with E-state index in [1.807, 2.05) is 0 Å². The molecule has 1 aliphatic rings. The zero-order valence-corrected chi connectivity index (χ0v) is 11.6. The maximum absolute atomic E-state index is 13.2. The van der Waals surface area contributed by atoms with Crippen LogP contribution in [0.3, 0.4) is 0 Å². The highest BCUT2D eigenvalue weighted by molar-refractivity contribution is 6.31. The molecule has 0 atom stereocenters. The Balaban J connectivity index is 2.10. The molecule has 104 valence electrons. The third kappa shape index (κ3) is 2.48. The fraction of sp³-hybridized carbons (Fsp3) is 0.333. The molecule has 3 nitrogen and oxygen atoms in total. The summed E-state index contributed by atoms with van der Waals surface area (Å²) in [6, 6.07) is 4.34. The van der Waals surface area contributed by atoms with E-state index in [-0.39, 0.29) is 10.6 Å². The van der Waals surface area contributed by atoms with E-state index in [0.29, 0.717) is 11.4 Å². The number of aromatic nitrogens is 2. The number of hydrogen-bond acceptors (Lipinski definition) is 2. The molecule has 0 unspecified atom stereocenters. The van der Waals surface area contributed by atoms with Gasteiger partial charge in [-0.25, -0.2) is 9.37 Å². The Kier molecular flexibility index (Phi) is 3.57. The second kappa shape index (κ2) is 5.37. The van der Waals surface area contributed by atoms with Gasteiger partial charge in [-0.3, -0.25) is 4.79 Å². The predicted molar refractivity (Wildman–Crippen MR) is 76.5 cm³/mol. The van der Waals surface area contributed by atoms with Crippen LogP contribution in [0.5, 0.6) is 0 Å². The number of nitrogens with zero attached hydrogens (tertiary/aromatic N) is 1. The van der Waals surface area contributed by atoms with E-state index in [9.17, 15) is 9.18 Å². The van der Waals surface area contributed by atoms with Gasteiger partial charge in [0, 0.05) is 11.1 Å². The van der Waals surface area contributed by atoms with Crippen LogP contribution in [0.1, 0.15) is 30.5 Å². The van der Waals surface area contributed by atoms with Gasteiger partial charge in [0.2, 0.25) is 0 Å². The molecular weight excluding hydrogens is 279 g/mol. The van der Waals surface area contributed by atoms with E-state index in [1.54, 1.807) is 6.07 Å². The lowest BCUT2D eigenvalue weighted by molar-refractivity contribution is 0.628. The summed E-state index contributed by atoms with van der Waals surface area (Å²) in [5.74, 6) is -0.0231. The second-order valence-electron chi connectivity index (χ2n) is 5.03. The monoisotopic (exact) mass is 292 g/mol. The first-order valence-corrected chi connectivity index (χ1v) is 7.10. The molecule has 5 heteroatoms. The van der Waals surface area contributed by atoms with Crippen LogP contribution in [0, 0.1) is 5.82 Å². The van der Waals surface area contributed by atoms with E-state index in [0.717, 1.165) is 43.4 Å². The zero-order chi connectivity index (χ0) is 14.1. The van der Waals surface area contributed by atoms with Gasteiger partial charge in [0.1, 0.15) is 11.6 Å². The van der Waals surface area contributed by atoms with Crippen molar-refractivity contribution in [2.75, 3.05) is 0 Å². The van der Waals surface area contributed by atoms with Crippen molar-refractivity contribution in [2.45, 2.75) is 32.1 Å². The Morgan fingerprint density at radius 2 is 2.00 bits per heavy atom. The topological polar surface area (TPSA) is 45.8 Å². The number of halogens is 2. The van der Waals surface area contributed by atoms with Crippen molar-refractivity contribution in [3.63, 3.8) is 0 Å². The molecule has 1 aromatic heterocycles. The molecule has 0 radical (unpaired) electrons. The molecule has 0 fully saturated rings. The first kappa shape index (κ1) is 13.3. The van der Waals surface area contributed by atoms with Gasteiger partial charge in [0.05, 0.1) is 10.7 Å². The SMILES string of the molecule is O=c1[nH]c(-c2ccc(F)c(Cl)c2)nc2c1CCCCC2. The van der Waals surface area contributed by atoms with Gasteiger partial charge in [0.25, 0.3) is 5.56 Å². The van der Waals surface area contributed by atoms with Crippen LogP contribution in [0.15, 0.2) is 23.0 Å². The molecule has 0 amide bonds. The predicted octanol–water partition coefficient (Wildman–Crippen LogP) is 3.50. The van der Waals surface area contributed by atoms with Crippen LogP contribution in [0.2, 0.25) is 5.02 Å². The summed E-state index contributed by atoms with van der Waals surface area (Å²) >= 11 is 5.78. The average Bonchev–Trinajstić information content (AvgIpc) is 2.67. The summed E-state index contributed by atoms with van der Waals surface area (Å²) in [6.45, 7) is 0. The molecule has 1 N–H and O–H groups in total. The summed E-state index contributed by atoms with van der Waals surface area (Å²) < 4.78 is 13.2. The summed E-state index contributed by atoms with van der Waals surface area (Å²) in [5, 5.41) is 0.0279. The van der Waals surface area contributed by atoms with Crippen LogP contribution in [0.4, 0.5) is 4.39 Å². The van der Waals surface area contributed by atoms with Crippen molar-refractivity contribution in [3.05, 3.63) is 50.7 Å². The maximum atomic E-state index is 13.2. The van der Waals surface area contributed by atoms with Gasteiger partial charge in [0.15, 0.2) is 0 Å². The van der Waals surface area contributed by atoms with Crippen molar-refractivity contribution in [1.29, 1.82) is 0 Å². The number of aromatic amines is 1. The van der Waals surface area contributed by atoms with Gasteiger partial charge in [-0.2, -0.15) is 0 Å². The standard InChI is InChI=1S/C15H14ClFN2O/c16-11-8-9(6-7-12(11)17)14-18-13-5-3-1-2-4-10(13)15(20)19-14/h6-8H,1-5H2,(H,18,19,20). The number of hydrogen-bond donors (Lipinski definition) is 1. The third-order valence-corrected chi connectivity index (χ3v) is 3.92. The van der Waals surface area contributed by atoms with E-state index >= 15 is 0 Å². The highest BCUT2D eigenvalue weighted by Crippen LogP contribution is 2.23. The first-order valence-electron chi connectivity index (χ1n) is 6.72. The molecule has 20 heavy (non-hydrogen) atoms. The van der Waals surface area contributed by atoms with Gasteiger partial charge < -0.3 is 4.98 Å². The lowest BCUT2D eigenvalue weighted by atomic mass is 10.1. The normalized spacial score (nSPS) is 14.7. The molecular formula is C15H14ClFN2O. The highest BCUT2D eigenvalue weighted by atomic mass is 35.5. The third-order valence-electron chi connectivity index (χ3n) is 3.63. The molecule has 0 bridgehead atoms. The van der Waals surface area contributed by atoms with E-state index in [1.165, 1.54) is 12.1 Å². The molecule has 0 aliphatic heterocycles. The zero-order valence-electron chi connectivity index (χ0n) is 10.9. The molecule has 0 saturated carbocycles. The molecule has 1 aliphatic carbocycles. The van der Waals surface area contributed by atoms with Crippen molar-refractivity contribution in [3.8, 4) is 11.4 Å². The van der Waals surface area contributed by atoms with Crippen molar-refractivity contribution >= 4 is 11.6 Å². The van der Waals surface area contributed by atoms with E-state index < -0.39 is 5.82 Å². The van der Waals surface area contributed by atoms with E-state index in [4.69, 9.17) is 11.6 Å². The molecule has 0 saturated heterocycles. The minimum absolute atomic E-state index is 0.0279. The number of nitrogens with one attached hydrogen (secondary N) is 1. The van der Waals surface area contributed by atoms with Crippen LogP contribution in [0.25, 0.3) is 11.4 Å². The summed E-state index contributed by atoms with van der Waals surface area (Å²) in [5.41, 5.74) is 2.19. The quantitative estimate of drug-likeness (QED) is 0.818. The van der Waals surface area contributed by atoms with Crippen LogP contribution in [-0.2, 0) is 12.8 Å². The number of fused-ring (bicyclic) bond motifs is 1. The second-order valence-corrected chi connectivity index (χ2v) is 5.44. The summed E-state index contributed by atoms with van der Waals surface area (Å²) in [4.78, 5) is 19.5. The number of H-pyrrole nitrogens is 1. The van der Waals surface area contributed by atoms with Gasteiger partial charge >= 0.3 is 0 Å².